The molecule has 4 rings (SSSR count). The van der Waals surface area contributed by atoms with Crippen molar-refractivity contribution in [2.24, 2.45) is 52.3 Å². The largest absolute Gasteiger partial charge is 0.300 e. The first kappa shape index (κ1) is 21.6. The predicted octanol–water partition coefficient (Wildman–Crippen LogP) is 6.86. The molecule has 29 heavy (non-hydrogen) atoms. The number of rotatable bonds is 5. The van der Waals surface area contributed by atoms with Gasteiger partial charge >= 0.3 is 0 Å². The minimum atomic E-state index is 0.0292. The molecule has 0 saturated heterocycles. The smallest absolute Gasteiger partial charge is 0.137 e. The average Bonchev–Trinajstić information content (AvgIpc) is 3.00. The molecule has 2 nitrogen and oxygen atoms in total. The van der Waals surface area contributed by atoms with E-state index in [1.165, 1.54) is 44.9 Å². The quantitative estimate of drug-likeness (QED) is 0.505. The van der Waals surface area contributed by atoms with Gasteiger partial charge in [0.15, 0.2) is 0 Å². The molecular formula is C27H44O2. The van der Waals surface area contributed by atoms with Crippen molar-refractivity contribution < 1.29 is 9.59 Å². The first-order valence-corrected chi connectivity index (χ1v) is 12.7. The van der Waals surface area contributed by atoms with Gasteiger partial charge in [0.1, 0.15) is 11.6 Å². The Balaban J connectivity index is 1.51. The normalized spacial score (nSPS) is 45.7. The van der Waals surface area contributed by atoms with Gasteiger partial charge in [0.25, 0.3) is 0 Å². The van der Waals surface area contributed by atoms with Crippen LogP contribution in [0.2, 0.25) is 0 Å². The summed E-state index contributed by atoms with van der Waals surface area (Å²) in [5.41, 5.74) is 0.530. The first-order valence-electron chi connectivity index (χ1n) is 12.7. The number of hydrogen-bond donors (Lipinski definition) is 0. The second kappa shape index (κ2) is 7.79. The van der Waals surface area contributed by atoms with Gasteiger partial charge in [-0.3, -0.25) is 9.59 Å². The molecule has 2 heteroatoms. The maximum atomic E-state index is 13.2. The molecule has 0 radical (unpaired) electrons. The summed E-state index contributed by atoms with van der Waals surface area (Å²) in [6.07, 6.45) is 12.4. The van der Waals surface area contributed by atoms with Gasteiger partial charge in [0.05, 0.1) is 0 Å². The van der Waals surface area contributed by atoms with Crippen LogP contribution in [-0.4, -0.2) is 11.6 Å². The lowest BCUT2D eigenvalue weighted by atomic mass is 9.44. The summed E-state index contributed by atoms with van der Waals surface area (Å²) in [6, 6.07) is 0. The molecule has 8 atom stereocenters. The molecule has 0 aliphatic heterocycles. The molecule has 0 bridgehead atoms. The van der Waals surface area contributed by atoms with Gasteiger partial charge in [-0.05, 0) is 78.4 Å². The lowest BCUT2D eigenvalue weighted by molar-refractivity contribution is -0.159. The zero-order valence-electron chi connectivity index (χ0n) is 19.6. The van der Waals surface area contributed by atoms with Crippen LogP contribution in [0.5, 0.6) is 0 Å². The fraction of sp³-hybridized carbons (Fsp3) is 0.926. The monoisotopic (exact) mass is 400 g/mol. The average molecular weight is 401 g/mol. The summed E-state index contributed by atoms with van der Waals surface area (Å²) in [6.45, 7) is 12.2. The van der Waals surface area contributed by atoms with Crippen LogP contribution in [0.1, 0.15) is 105 Å². The SMILES string of the molecule is CC(C)CCC[C@H](C)[C@@H]1CC[C@H]2[C@@H]3CC(=O)[C@H]4CC(=O)CC[C@]4(C)[C@H]3CC[C@@]21C. The van der Waals surface area contributed by atoms with Crippen LogP contribution in [0.3, 0.4) is 0 Å². The van der Waals surface area contributed by atoms with Crippen LogP contribution in [0.4, 0.5) is 0 Å². The Bertz CT molecular complexity index is 651. The zero-order valence-corrected chi connectivity index (χ0v) is 19.6. The van der Waals surface area contributed by atoms with E-state index in [9.17, 15) is 9.59 Å². The molecule has 4 aliphatic carbocycles. The molecule has 0 aromatic carbocycles. The highest BCUT2D eigenvalue weighted by Crippen LogP contribution is 2.67. The predicted molar refractivity (Wildman–Crippen MR) is 118 cm³/mol. The number of hydrogen-bond acceptors (Lipinski definition) is 2. The Morgan fingerprint density at radius 3 is 2.34 bits per heavy atom. The maximum Gasteiger partial charge on any atom is 0.137 e. The van der Waals surface area contributed by atoms with Crippen molar-refractivity contribution in [2.45, 2.75) is 105 Å². The van der Waals surface area contributed by atoms with Crippen LogP contribution in [0, 0.1) is 52.3 Å². The molecule has 0 heterocycles. The summed E-state index contributed by atoms with van der Waals surface area (Å²) in [5.74, 6) is 5.25. The third-order valence-corrected chi connectivity index (χ3v) is 10.5. The molecule has 0 aromatic rings. The van der Waals surface area contributed by atoms with E-state index in [2.05, 4.69) is 34.6 Å². The number of Topliss-reactive ketones (excluding diaryl/α,β-unsaturated/α-hetero) is 2. The fourth-order valence-corrected chi connectivity index (χ4v) is 8.86. The summed E-state index contributed by atoms with van der Waals surface area (Å²) < 4.78 is 0. The van der Waals surface area contributed by atoms with E-state index in [0.717, 1.165) is 36.5 Å². The molecule has 4 fully saturated rings. The van der Waals surface area contributed by atoms with Gasteiger partial charge in [-0.15, -0.1) is 0 Å². The fourth-order valence-electron chi connectivity index (χ4n) is 8.86. The van der Waals surface area contributed by atoms with E-state index in [4.69, 9.17) is 0 Å². The topological polar surface area (TPSA) is 34.1 Å². The van der Waals surface area contributed by atoms with E-state index >= 15 is 0 Å². The van der Waals surface area contributed by atoms with Crippen molar-refractivity contribution in [2.75, 3.05) is 0 Å². The standard InChI is InChI=1S/C27H44O2/c1-17(2)7-6-8-18(3)21-9-10-22-20-16-25(29)24-15-19(28)11-13-27(24,5)23(20)12-14-26(21,22)4/h17-18,20-24H,6-16H2,1-5H3/t18-,20-,21-,22-,23-,24+,26+,27+/m0/s1. The highest BCUT2D eigenvalue weighted by atomic mass is 16.1. The summed E-state index contributed by atoms with van der Waals surface area (Å²) in [4.78, 5) is 25.3. The number of carbonyl (C=O) groups is 2. The third-order valence-electron chi connectivity index (χ3n) is 10.5. The molecule has 4 saturated carbocycles. The van der Waals surface area contributed by atoms with Crippen LogP contribution in [0.15, 0.2) is 0 Å². The summed E-state index contributed by atoms with van der Waals surface area (Å²) in [5, 5.41) is 0. The van der Waals surface area contributed by atoms with Crippen molar-refractivity contribution in [3.05, 3.63) is 0 Å². The molecule has 0 spiro atoms. The Hall–Kier alpha value is -0.660. The van der Waals surface area contributed by atoms with Crippen molar-refractivity contribution in [1.29, 1.82) is 0 Å². The second-order valence-electron chi connectivity index (χ2n) is 12.4. The van der Waals surface area contributed by atoms with Crippen LogP contribution in [-0.2, 0) is 9.59 Å². The van der Waals surface area contributed by atoms with Gasteiger partial charge in [-0.2, -0.15) is 0 Å². The summed E-state index contributed by atoms with van der Waals surface area (Å²) in [7, 11) is 0. The van der Waals surface area contributed by atoms with Crippen molar-refractivity contribution in [3.8, 4) is 0 Å². The van der Waals surface area contributed by atoms with Crippen molar-refractivity contribution in [3.63, 3.8) is 0 Å². The Morgan fingerprint density at radius 1 is 0.897 bits per heavy atom. The van der Waals surface area contributed by atoms with Crippen molar-refractivity contribution >= 4 is 11.6 Å². The van der Waals surface area contributed by atoms with Crippen LogP contribution >= 0.6 is 0 Å². The van der Waals surface area contributed by atoms with E-state index in [0.29, 0.717) is 41.7 Å². The van der Waals surface area contributed by atoms with Gasteiger partial charge in [0.2, 0.25) is 0 Å². The second-order valence-corrected chi connectivity index (χ2v) is 12.4. The Morgan fingerprint density at radius 2 is 1.62 bits per heavy atom. The van der Waals surface area contributed by atoms with E-state index in [1.807, 2.05) is 0 Å². The van der Waals surface area contributed by atoms with E-state index < -0.39 is 0 Å². The summed E-state index contributed by atoms with van der Waals surface area (Å²) >= 11 is 0. The van der Waals surface area contributed by atoms with Crippen LogP contribution < -0.4 is 0 Å². The molecule has 4 aliphatic rings. The Kier molecular flexibility index (Phi) is 5.79. The lowest BCUT2D eigenvalue weighted by Crippen LogP contribution is -2.56. The Labute approximate surface area is 179 Å². The van der Waals surface area contributed by atoms with E-state index in [-0.39, 0.29) is 11.3 Å². The molecule has 0 aromatic heterocycles. The van der Waals surface area contributed by atoms with Gasteiger partial charge < -0.3 is 0 Å². The number of fused-ring (bicyclic) bond motifs is 5. The lowest BCUT2D eigenvalue weighted by Gasteiger charge is -2.59. The van der Waals surface area contributed by atoms with Crippen LogP contribution in [0.25, 0.3) is 0 Å². The number of ketones is 2. The highest BCUT2D eigenvalue weighted by Gasteiger charge is 2.62. The highest BCUT2D eigenvalue weighted by molar-refractivity contribution is 5.90. The first-order chi connectivity index (χ1) is 13.7. The minimum Gasteiger partial charge on any atom is -0.300 e. The minimum absolute atomic E-state index is 0.0292. The van der Waals surface area contributed by atoms with E-state index in [1.54, 1.807) is 0 Å². The van der Waals surface area contributed by atoms with Gasteiger partial charge in [-0.25, -0.2) is 0 Å². The van der Waals surface area contributed by atoms with Crippen molar-refractivity contribution in [1.82, 2.24) is 0 Å². The third kappa shape index (κ3) is 3.55. The molecule has 0 amide bonds. The molecule has 0 N–H and O–H groups in total. The maximum absolute atomic E-state index is 13.2. The van der Waals surface area contributed by atoms with Gasteiger partial charge in [-0.1, -0.05) is 53.9 Å². The zero-order chi connectivity index (χ0) is 21.0. The molecular weight excluding hydrogens is 356 g/mol. The molecule has 164 valence electrons. The molecule has 0 unspecified atom stereocenters. The van der Waals surface area contributed by atoms with Gasteiger partial charge in [0, 0.05) is 25.2 Å². The number of carbonyl (C=O) groups excluding carboxylic acids is 2.